The van der Waals surface area contributed by atoms with Gasteiger partial charge in [0.2, 0.25) is 5.91 Å². The van der Waals surface area contributed by atoms with E-state index in [-0.39, 0.29) is 24.2 Å². The second kappa shape index (κ2) is 10.4. The van der Waals surface area contributed by atoms with Gasteiger partial charge in [0.05, 0.1) is 17.7 Å². The normalized spacial score (nSPS) is 14.1. The number of nitriles is 1. The van der Waals surface area contributed by atoms with Crippen molar-refractivity contribution in [3.63, 3.8) is 0 Å². The van der Waals surface area contributed by atoms with Crippen molar-refractivity contribution in [2.75, 3.05) is 38.0 Å². The maximum atomic E-state index is 13.3. The van der Waals surface area contributed by atoms with Gasteiger partial charge in [0.1, 0.15) is 29.2 Å². The largest absolute Gasteiger partial charge is 0.466 e. The number of benzene rings is 1. The Labute approximate surface area is 209 Å². The maximum Gasteiger partial charge on any atom is 0.257 e. The molecular formula is C27H30FN5O3. The summed E-state index contributed by atoms with van der Waals surface area (Å²) >= 11 is 0. The fourth-order valence-electron chi connectivity index (χ4n) is 4.60. The summed E-state index contributed by atoms with van der Waals surface area (Å²) in [7, 11) is 0. The van der Waals surface area contributed by atoms with Crippen LogP contribution in [0.25, 0.3) is 0 Å². The summed E-state index contributed by atoms with van der Waals surface area (Å²) in [6.07, 6.45) is 0. The third kappa shape index (κ3) is 5.19. The minimum Gasteiger partial charge on any atom is -0.466 e. The average Bonchev–Trinajstić information content (AvgIpc) is 3.30. The molecule has 1 aliphatic heterocycles. The maximum absolute atomic E-state index is 13.3. The minimum absolute atomic E-state index is 0.0586. The number of carbonyl (C=O) groups is 2. The summed E-state index contributed by atoms with van der Waals surface area (Å²) in [6.45, 7) is 10.1. The van der Waals surface area contributed by atoms with E-state index in [0.717, 1.165) is 16.8 Å². The zero-order chi connectivity index (χ0) is 26.0. The number of carbonyl (C=O) groups excluding carboxylic acids is 2. The smallest absolute Gasteiger partial charge is 0.257 e. The van der Waals surface area contributed by atoms with E-state index in [9.17, 15) is 19.2 Å². The molecular weight excluding hydrogens is 461 g/mol. The van der Waals surface area contributed by atoms with Crippen LogP contribution in [0, 0.1) is 44.8 Å². The molecule has 3 aromatic rings. The van der Waals surface area contributed by atoms with Crippen molar-refractivity contribution >= 4 is 17.6 Å². The number of furan rings is 1. The molecule has 2 aromatic heterocycles. The van der Waals surface area contributed by atoms with Gasteiger partial charge in [0.25, 0.3) is 5.91 Å². The van der Waals surface area contributed by atoms with Crippen LogP contribution in [0.1, 0.15) is 44.3 Å². The predicted octanol–water partition coefficient (Wildman–Crippen LogP) is 3.77. The summed E-state index contributed by atoms with van der Waals surface area (Å²) < 4.78 is 20.7. The van der Waals surface area contributed by atoms with Crippen LogP contribution >= 0.6 is 0 Å². The number of anilines is 1. The van der Waals surface area contributed by atoms with Gasteiger partial charge in [0, 0.05) is 38.4 Å². The molecule has 1 aliphatic rings. The lowest BCUT2D eigenvalue weighted by molar-refractivity contribution is -0.117. The van der Waals surface area contributed by atoms with Crippen molar-refractivity contribution in [2.45, 2.75) is 34.2 Å². The first-order valence-corrected chi connectivity index (χ1v) is 11.9. The molecule has 9 heteroatoms. The Balaban J connectivity index is 1.41. The molecule has 188 valence electrons. The molecule has 36 heavy (non-hydrogen) atoms. The fourth-order valence-corrected chi connectivity index (χ4v) is 4.60. The molecule has 1 aromatic carbocycles. The van der Waals surface area contributed by atoms with Crippen molar-refractivity contribution < 1.29 is 18.4 Å². The van der Waals surface area contributed by atoms with Crippen LogP contribution < -0.4 is 5.32 Å². The topological polar surface area (TPSA) is 94.5 Å². The number of halogens is 1. The quantitative estimate of drug-likeness (QED) is 0.567. The number of aryl methyl sites for hydroxylation is 2. The van der Waals surface area contributed by atoms with Crippen LogP contribution in [-0.2, 0) is 11.3 Å². The molecule has 4 rings (SSSR count). The van der Waals surface area contributed by atoms with Gasteiger partial charge in [-0.3, -0.25) is 14.5 Å². The number of piperazine rings is 1. The van der Waals surface area contributed by atoms with Crippen LogP contribution in [-0.4, -0.2) is 58.9 Å². The Morgan fingerprint density at radius 2 is 1.75 bits per heavy atom. The van der Waals surface area contributed by atoms with Gasteiger partial charge in [-0.05, 0) is 57.0 Å². The number of hydrogen-bond donors (Lipinski definition) is 1. The monoisotopic (exact) mass is 491 g/mol. The molecule has 1 fully saturated rings. The Hall–Kier alpha value is -3.90. The third-order valence-electron chi connectivity index (χ3n) is 6.75. The Kier molecular flexibility index (Phi) is 7.27. The lowest BCUT2D eigenvalue weighted by Gasteiger charge is -2.34. The minimum atomic E-state index is -0.317. The number of nitrogens with one attached hydrogen (secondary N) is 1. The Bertz CT molecular complexity index is 1320. The van der Waals surface area contributed by atoms with Gasteiger partial charge < -0.3 is 19.2 Å². The standard InChI is InChI=1S/C27H30FN5O3/c1-17-13-23(20(4)36-17)27(35)32-11-9-31(10-12-32)16-25(34)30-26-24(14-29)18(2)19(3)33(26)15-21-5-7-22(28)8-6-21/h5-8,13H,9-12,15-16H2,1-4H3,(H,30,34). The van der Waals surface area contributed by atoms with Gasteiger partial charge in [0.15, 0.2) is 0 Å². The van der Waals surface area contributed by atoms with E-state index in [2.05, 4.69) is 11.4 Å². The predicted molar refractivity (Wildman–Crippen MR) is 133 cm³/mol. The molecule has 0 spiro atoms. The molecule has 0 radical (unpaired) electrons. The Morgan fingerprint density at radius 1 is 1.08 bits per heavy atom. The van der Waals surface area contributed by atoms with E-state index < -0.39 is 0 Å². The van der Waals surface area contributed by atoms with Gasteiger partial charge in [-0.2, -0.15) is 5.26 Å². The molecule has 0 atom stereocenters. The van der Waals surface area contributed by atoms with Crippen LogP contribution in [0.2, 0.25) is 0 Å². The second-order valence-electron chi connectivity index (χ2n) is 9.20. The highest BCUT2D eigenvalue weighted by molar-refractivity contribution is 5.95. The highest BCUT2D eigenvalue weighted by Crippen LogP contribution is 2.27. The summed E-state index contributed by atoms with van der Waals surface area (Å²) in [5, 5.41) is 12.7. The summed E-state index contributed by atoms with van der Waals surface area (Å²) in [4.78, 5) is 29.6. The molecule has 1 saturated heterocycles. The third-order valence-corrected chi connectivity index (χ3v) is 6.75. The molecule has 0 aliphatic carbocycles. The van der Waals surface area contributed by atoms with Crippen LogP contribution in [0.4, 0.5) is 10.2 Å². The average molecular weight is 492 g/mol. The summed E-state index contributed by atoms with van der Waals surface area (Å²) in [6, 6.07) is 10.1. The van der Waals surface area contributed by atoms with Crippen molar-refractivity contribution in [2.24, 2.45) is 0 Å². The zero-order valence-corrected chi connectivity index (χ0v) is 21.0. The summed E-state index contributed by atoms with van der Waals surface area (Å²) in [5.74, 6) is 1.16. The summed E-state index contributed by atoms with van der Waals surface area (Å²) in [5.41, 5.74) is 3.52. The van der Waals surface area contributed by atoms with E-state index in [1.165, 1.54) is 12.1 Å². The molecule has 3 heterocycles. The lowest BCUT2D eigenvalue weighted by Crippen LogP contribution is -2.50. The lowest BCUT2D eigenvalue weighted by atomic mass is 10.2. The number of rotatable bonds is 6. The fraction of sp³-hybridized carbons (Fsp3) is 0.370. The number of nitrogens with zero attached hydrogens (tertiary/aromatic N) is 4. The van der Waals surface area contributed by atoms with Crippen molar-refractivity contribution in [3.05, 3.63) is 75.6 Å². The zero-order valence-electron chi connectivity index (χ0n) is 21.0. The van der Waals surface area contributed by atoms with E-state index in [0.29, 0.717) is 61.2 Å². The number of amides is 2. The van der Waals surface area contributed by atoms with Gasteiger partial charge >= 0.3 is 0 Å². The van der Waals surface area contributed by atoms with Crippen LogP contribution in [0.5, 0.6) is 0 Å². The van der Waals surface area contributed by atoms with Crippen molar-refractivity contribution in [3.8, 4) is 6.07 Å². The molecule has 8 nitrogen and oxygen atoms in total. The van der Waals surface area contributed by atoms with E-state index in [1.54, 1.807) is 30.0 Å². The molecule has 2 amide bonds. The molecule has 0 bridgehead atoms. The van der Waals surface area contributed by atoms with E-state index >= 15 is 0 Å². The first kappa shape index (κ1) is 25.2. The van der Waals surface area contributed by atoms with Crippen molar-refractivity contribution in [1.29, 1.82) is 5.26 Å². The second-order valence-corrected chi connectivity index (χ2v) is 9.20. The SMILES string of the molecule is Cc1cc(C(=O)N2CCN(CC(=O)Nc3c(C#N)c(C)c(C)n3Cc3ccc(F)cc3)CC2)c(C)o1. The van der Waals surface area contributed by atoms with Gasteiger partial charge in [-0.25, -0.2) is 4.39 Å². The Morgan fingerprint density at radius 3 is 2.33 bits per heavy atom. The first-order chi connectivity index (χ1) is 17.2. The van der Waals surface area contributed by atoms with E-state index in [4.69, 9.17) is 4.42 Å². The molecule has 1 N–H and O–H groups in total. The number of aromatic nitrogens is 1. The first-order valence-electron chi connectivity index (χ1n) is 11.9. The number of hydrogen-bond acceptors (Lipinski definition) is 5. The van der Waals surface area contributed by atoms with Gasteiger partial charge in [-0.1, -0.05) is 12.1 Å². The highest BCUT2D eigenvalue weighted by atomic mass is 19.1. The van der Waals surface area contributed by atoms with Gasteiger partial charge in [-0.15, -0.1) is 0 Å². The van der Waals surface area contributed by atoms with E-state index in [1.807, 2.05) is 30.2 Å². The highest BCUT2D eigenvalue weighted by Gasteiger charge is 2.26. The van der Waals surface area contributed by atoms with Crippen LogP contribution in [0.15, 0.2) is 34.7 Å². The van der Waals surface area contributed by atoms with Crippen LogP contribution in [0.3, 0.4) is 0 Å². The molecule has 0 unspecified atom stereocenters. The molecule has 0 saturated carbocycles. The van der Waals surface area contributed by atoms with Crippen molar-refractivity contribution in [1.82, 2.24) is 14.4 Å².